The van der Waals surface area contributed by atoms with E-state index in [0.29, 0.717) is 11.5 Å². The molecule has 1 aromatic carbocycles. The standard InChI is InChI=1S/C21H29N/c1-4-16(3)22-12-11-21-10-6-5-7-18(21)20(22)14-17-9-8-15(2)13-19(17)21/h4,8-9,13,16,18,20H,1,5-7,10-12,14H2,2-3H3/t16?,18-,20?,21+/m0/s1. The largest absolute Gasteiger partial charge is 0.294 e. The molecule has 2 unspecified atom stereocenters. The quantitative estimate of drug-likeness (QED) is 0.719. The number of likely N-dealkylation sites (tertiary alicyclic amines) is 1. The van der Waals surface area contributed by atoms with Crippen LogP contribution in [0.5, 0.6) is 0 Å². The van der Waals surface area contributed by atoms with Crippen molar-refractivity contribution in [2.24, 2.45) is 5.92 Å². The van der Waals surface area contributed by atoms with Crippen LogP contribution in [0.3, 0.4) is 0 Å². The van der Waals surface area contributed by atoms with E-state index in [2.05, 4.69) is 49.6 Å². The van der Waals surface area contributed by atoms with Gasteiger partial charge in [0, 0.05) is 17.5 Å². The van der Waals surface area contributed by atoms with E-state index in [1.54, 1.807) is 11.1 Å². The molecule has 0 N–H and O–H groups in total. The average Bonchev–Trinajstić information content (AvgIpc) is 2.55. The summed E-state index contributed by atoms with van der Waals surface area (Å²) in [6, 6.07) is 8.51. The summed E-state index contributed by atoms with van der Waals surface area (Å²) in [6.07, 6.45) is 10.4. The molecule has 2 aliphatic carbocycles. The number of hydrogen-bond acceptors (Lipinski definition) is 1. The van der Waals surface area contributed by atoms with Crippen molar-refractivity contribution in [3.05, 3.63) is 47.5 Å². The smallest absolute Gasteiger partial charge is 0.0250 e. The zero-order valence-corrected chi connectivity index (χ0v) is 14.1. The molecule has 2 fully saturated rings. The summed E-state index contributed by atoms with van der Waals surface area (Å²) in [5.74, 6) is 0.867. The highest BCUT2D eigenvalue weighted by atomic mass is 15.2. The number of fused-ring (bicyclic) bond motifs is 1. The Morgan fingerprint density at radius 3 is 3.00 bits per heavy atom. The first-order valence-electron chi connectivity index (χ1n) is 9.14. The Hall–Kier alpha value is -1.08. The average molecular weight is 295 g/mol. The van der Waals surface area contributed by atoms with Crippen LogP contribution in [0.15, 0.2) is 30.9 Å². The minimum absolute atomic E-state index is 0.486. The first kappa shape index (κ1) is 14.5. The lowest BCUT2D eigenvalue weighted by molar-refractivity contribution is -0.0213. The van der Waals surface area contributed by atoms with Gasteiger partial charge in [0.2, 0.25) is 0 Å². The SMILES string of the molecule is C=CC(C)N1CC[C@]23CCCC[C@H]2C1Cc1ccc(C)cc13. The van der Waals surface area contributed by atoms with Crippen molar-refractivity contribution in [1.82, 2.24) is 4.90 Å². The number of piperidine rings is 1. The molecule has 22 heavy (non-hydrogen) atoms. The van der Waals surface area contributed by atoms with Crippen molar-refractivity contribution in [3.63, 3.8) is 0 Å². The summed E-state index contributed by atoms with van der Waals surface area (Å²) in [5.41, 5.74) is 5.28. The Kier molecular flexibility index (Phi) is 3.45. The molecule has 1 heterocycles. The van der Waals surface area contributed by atoms with Crippen molar-refractivity contribution in [2.45, 2.75) is 69.9 Å². The summed E-state index contributed by atoms with van der Waals surface area (Å²) in [6.45, 7) is 9.90. The van der Waals surface area contributed by atoms with Gasteiger partial charge in [-0.15, -0.1) is 6.58 Å². The number of nitrogens with zero attached hydrogens (tertiary/aromatic N) is 1. The van der Waals surface area contributed by atoms with E-state index >= 15 is 0 Å². The normalized spacial score (nSPS) is 35.4. The van der Waals surface area contributed by atoms with Gasteiger partial charge < -0.3 is 0 Å². The van der Waals surface area contributed by atoms with Gasteiger partial charge in [0.05, 0.1) is 0 Å². The minimum Gasteiger partial charge on any atom is -0.294 e. The Morgan fingerprint density at radius 2 is 2.18 bits per heavy atom. The number of hydrogen-bond donors (Lipinski definition) is 0. The van der Waals surface area contributed by atoms with Crippen LogP contribution < -0.4 is 0 Å². The van der Waals surface area contributed by atoms with Crippen molar-refractivity contribution in [2.75, 3.05) is 6.54 Å². The third-order valence-corrected chi connectivity index (χ3v) is 6.90. The summed E-state index contributed by atoms with van der Waals surface area (Å²) in [5, 5.41) is 0. The van der Waals surface area contributed by atoms with Crippen LogP contribution >= 0.6 is 0 Å². The molecule has 3 aliphatic rings. The van der Waals surface area contributed by atoms with E-state index in [-0.39, 0.29) is 0 Å². The zero-order chi connectivity index (χ0) is 15.3. The maximum Gasteiger partial charge on any atom is 0.0250 e. The number of benzene rings is 1. The lowest BCUT2D eigenvalue weighted by atomic mass is 9.52. The molecule has 1 saturated carbocycles. The molecule has 1 nitrogen and oxygen atoms in total. The Labute approximate surface area is 135 Å². The van der Waals surface area contributed by atoms with Crippen LogP contribution in [0.2, 0.25) is 0 Å². The van der Waals surface area contributed by atoms with Gasteiger partial charge in [0.25, 0.3) is 0 Å². The maximum atomic E-state index is 4.06. The van der Waals surface area contributed by atoms with Crippen molar-refractivity contribution in [1.29, 1.82) is 0 Å². The van der Waals surface area contributed by atoms with Gasteiger partial charge in [-0.3, -0.25) is 4.90 Å². The first-order valence-corrected chi connectivity index (χ1v) is 9.14. The fourth-order valence-electron chi connectivity index (χ4n) is 5.79. The van der Waals surface area contributed by atoms with E-state index in [1.165, 1.54) is 50.6 Å². The molecular formula is C21H29N. The molecule has 118 valence electrons. The van der Waals surface area contributed by atoms with Crippen molar-refractivity contribution >= 4 is 0 Å². The molecule has 1 saturated heterocycles. The van der Waals surface area contributed by atoms with Crippen LogP contribution in [0.1, 0.15) is 55.7 Å². The summed E-state index contributed by atoms with van der Waals surface area (Å²) in [4.78, 5) is 2.75. The topological polar surface area (TPSA) is 3.24 Å². The summed E-state index contributed by atoms with van der Waals surface area (Å²) >= 11 is 0. The summed E-state index contributed by atoms with van der Waals surface area (Å²) in [7, 11) is 0. The van der Waals surface area contributed by atoms with Gasteiger partial charge in [-0.25, -0.2) is 0 Å². The van der Waals surface area contributed by atoms with E-state index in [0.717, 1.165) is 12.0 Å². The Balaban J connectivity index is 1.83. The van der Waals surface area contributed by atoms with Crippen LogP contribution in [0.4, 0.5) is 0 Å². The number of aryl methyl sites for hydroxylation is 1. The molecule has 1 aliphatic heterocycles. The van der Waals surface area contributed by atoms with E-state index in [1.807, 2.05) is 0 Å². The van der Waals surface area contributed by atoms with Gasteiger partial charge in [0.1, 0.15) is 0 Å². The predicted molar refractivity (Wildman–Crippen MR) is 93.3 cm³/mol. The maximum absolute atomic E-state index is 4.06. The lowest BCUT2D eigenvalue weighted by Gasteiger charge is -2.60. The monoisotopic (exact) mass is 295 g/mol. The van der Waals surface area contributed by atoms with Gasteiger partial charge in [-0.05, 0) is 63.1 Å². The highest BCUT2D eigenvalue weighted by Gasteiger charge is 2.54. The highest BCUT2D eigenvalue weighted by Crippen LogP contribution is 2.56. The third-order valence-electron chi connectivity index (χ3n) is 6.90. The molecule has 0 aromatic heterocycles. The van der Waals surface area contributed by atoms with Crippen LogP contribution in [-0.4, -0.2) is 23.5 Å². The zero-order valence-electron chi connectivity index (χ0n) is 14.1. The fraction of sp³-hybridized carbons (Fsp3) is 0.619. The van der Waals surface area contributed by atoms with Crippen LogP contribution in [-0.2, 0) is 11.8 Å². The fourth-order valence-corrected chi connectivity index (χ4v) is 5.79. The second kappa shape index (κ2) is 5.23. The second-order valence-corrected chi connectivity index (χ2v) is 7.90. The van der Waals surface area contributed by atoms with Crippen molar-refractivity contribution in [3.8, 4) is 0 Å². The van der Waals surface area contributed by atoms with Crippen molar-refractivity contribution < 1.29 is 0 Å². The van der Waals surface area contributed by atoms with Crippen LogP contribution in [0, 0.1) is 12.8 Å². The molecule has 1 heteroatoms. The van der Waals surface area contributed by atoms with Gasteiger partial charge in [0.15, 0.2) is 0 Å². The molecule has 0 radical (unpaired) electrons. The third kappa shape index (κ3) is 1.94. The van der Waals surface area contributed by atoms with E-state index in [4.69, 9.17) is 0 Å². The molecule has 2 bridgehead atoms. The van der Waals surface area contributed by atoms with Gasteiger partial charge in [-0.1, -0.05) is 42.7 Å². The first-order chi connectivity index (χ1) is 10.7. The summed E-state index contributed by atoms with van der Waals surface area (Å²) < 4.78 is 0. The Morgan fingerprint density at radius 1 is 1.32 bits per heavy atom. The molecule has 0 spiro atoms. The second-order valence-electron chi connectivity index (χ2n) is 7.90. The predicted octanol–water partition coefficient (Wildman–Crippen LogP) is 4.63. The van der Waals surface area contributed by atoms with Gasteiger partial charge >= 0.3 is 0 Å². The molecule has 0 amide bonds. The molecule has 1 aromatic rings. The Bertz CT molecular complexity index is 590. The molecule has 4 rings (SSSR count). The van der Waals surface area contributed by atoms with Gasteiger partial charge in [-0.2, -0.15) is 0 Å². The molecule has 4 atom stereocenters. The molecular weight excluding hydrogens is 266 g/mol. The minimum atomic E-state index is 0.486. The van der Waals surface area contributed by atoms with E-state index in [9.17, 15) is 0 Å². The van der Waals surface area contributed by atoms with E-state index < -0.39 is 0 Å². The number of rotatable bonds is 2. The van der Waals surface area contributed by atoms with Crippen LogP contribution in [0.25, 0.3) is 0 Å². The highest BCUT2D eigenvalue weighted by molar-refractivity contribution is 5.43. The lowest BCUT2D eigenvalue weighted by Crippen LogP contribution is -2.62.